The van der Waals surface area contributed by atoms with Gasteiger partial charge in [0, 0.05) is 6.54 Å². The summed E-state index contributed by atoms with van der Waals surface area (Å²) in [4.78, 5) is 14.1. The molecule has 1 atom stereocenters. The second kappa shape index (κ2) is 5.37. The molecule has 0 aliphatic carbocycles. The Hall–Kier alpha value is -2.29. The van der Waals surface area contributed by atoms with Gasteiger partial charge in [-0.3, -0.25) is 4.90 Å². The Kier molecular flexibility index (Phi) is 3.42. The molecule has 0 spiro atoms. The molecule has 0 bridgehead atoms. The number of hydrogen-bond acceptors (Lipinski definition) is 2. The second-order valence-corrected chi connectivity index (χ2v) is 5.23. The van der Waals surface area contributed by atoms with Gasteiger partial charge < -0.3 is 4.74 Å². The SMILES string of the molecule is CC1Cc2ccccc2N(C(=O)Oc2ccccc2)C1. The number of para-hydroxylation sites is 2. The van der Waals surface area contributed by atoms with Crippen LogP contribution in [0.25, 0.3) is 0 Å². The van der Waals surface area contributed by atoms with Crippen LogP contribution in [0.5, 0.6) is 5.75 Å². The molecular formula is C17H17NO2. The Morgan fingerprint density at radius 1 is 1.10 bits per heavy atom. The van der Waals surface area contributed by atoms with Crippen LogP contribution in [0.2, 0.25) is 0 Å². The van der Waals surface area contributed by atoms with Gasteiger partial charge in [0.15, 0.2) is 0 Å². The number of anilines is 1. The van der Waals surface area contributed by atoms with Crippen LogP contribution in [0.4, 0.5) is 10.5 Å². The summed E-state index contributed by atoms with van der Waals surface area (Å²) < 4.78 is 5.45. The number of carbonyl (C=O) groups is 1. The largest absolute Gasteiger partial charge is 0.419 e. The van der Waals surface area contributed by atoms with Crippen LogP contribution in [0.3, 0.4) is 0 Å². The van der Waals surface area contributed by atoms with Crippen molar-refractivity contribution in [2.75, 3.05) is 11.4 Å². The first-order valence-electron chi connectivity index (χ1n) is 6.86. The number of benzene rings is 2. The molecule has 20 heavy (non-hydrogen) atoms. The number of fused-ring (bicyclic) bond motifs is 1. The molecule has 2 aromatic rings. The van der Waals surface area contributed by atoms with Gasteiger partial charge in [-0.25, -0.2) is 4.79 Å². The lowest BCUT2D eigenvalue weighted by Crippen LogP contribution is -2.40. The molecule has 1 aliphatic heterocycles. The molecule has 3 rings (SSSR count). The summed E-state index contributed by atoms with van der Waals surface area (Å²) in [6.45, 7) is 2.85. The molecule has 0 fully saturated rings. The summed E-state index contributed by atoms with van der Waals surface area (Å²) in [5.41, 5.74) is 2.17. The summed E-state index contributed by atoms with van der Waals surface area (Å²) in [7, 11) is 0. The van der Waals surface area contributed by atoms with Gasteiger partial charge in [-0.05, 0) is 36.1 Å². The number of hydrogen-bond donors (Lipinski definition) is 0. The molecule has 1 heterocycles. The van der Waals surface area contributed by atoms with Crippen LogP contribution in [0.1, 0.15) is 12.5 Å². The Morgan fingerprint density at radius 3 is 2.60 bits per heavy atom. The molecule has 3 heteroatoms. The van der Waals surface area contributed by atoms with Gasteiger partial charge in [-0.15, -0.1) is 0 Å². The number of carbonyl (C=O) groups excluding carboxylic acids is 1. The predicted octanol–water partition coefficient (Wildman–Crippen LogP) is 3.88. The van der Waals surface area contributed by atoms with E-state index in [0.717, 1.165) is 12.1 Å². The third kappa shape index (κ3) is 2.52. The van der Waals surface area contributed by atoms with E-state index in [2.05, 4.69) is 13.0 Å². The highest BCUT2D eigenvalue weighted by molar-refractivity contribution is 5.90. The number of rotatable bonds is 1. The highest BCUT2D eigenvalue weighted by Gasteiger charge is 2.27. The minimum absolute atomic E-state index is 0.310. The average molecular weight is 267 g/mol. The van der Waals surface area contributed by atoms with E-state index in [0.29, 0.717) is 18.2 Å². The third-order valence-corrected chi connectivity index (χ3v) is 3.51. The lowest BCUT2D eigenvalue weighted by molar-refractivity contribution is 0.205. The first-order chi connectivity index (χ1) is 9.74. The molecule has 0 aromatic heterocycles. The van der Waals surface area contributed by atoms with Gasteiger partial charge in [0.05, 0.1) is 5.69 Å². The summed E-state index contributed by atoms with van der Waals surface area (Å²) in [5, 5.41) is 0. The predicted molar refractivity (Wildman–Crippen MR) is 79.1 cm³/mol. The van der Waals surface area contributed by atoms with Crippen LogP contribution in [0.15, 0.2) is 54.6 Å². The third-order valence-electron chi connectivity index (χ3n) is 3.51. The molecule has 2 aromatic carbocycles. The Bertz CT molecular complexity index is 609. The first kappa shape index (κ1) is 12.7. The molecular weight excluding hydrogens is 250 g/mol. The maximum Gasteiger partial charge on any atom is 0.419 e. The lowest BCUT2D eigenvalue weighted by atomic mass is 9.94. The monoisotopic (exact) mass is 267 g/mol. The smallest absolute Gasteiger partial charge is 0.410 e. The van der Waals surface area contributed by atoms with Crippen molar-refractivity contribution in [2.24, 2.45) is 5.92 Å². The molecule has 0 saturated carbocycles. The Balaban J connectivity index is 1.85. The standard InChI is InChI=1S/C17H17NO2/c1-13-11-14-7-5-6-10-16(14)18(12-13)17(19)20-15-8-3-2-4-9-15/h2-10,13H,11-12H2,1H3. The fraction of sp³-hybridized carbons (Fsp3) is 0.235. The van der Waals surface area contributed by atoms with Crippen molar-refractivity contribution < 1.29 is 9.53 Å². The van der Waals surface area contributed by atoms with Gasteiger partial charge in [-0.1, -0.05) is 43.3 Å². The number of ether oxygens (including phenoxy) is 1. The normalized spacial score (nSPS) is 17.4. The molecule has 0 saturated heterocycles. The van der Waals surface area contributed by atoms with Crippen molar-refractivity contribution in [2.45, 2.75) is 13.3 Å². The van der Waals surface area contributed by atoms with Gasteiger partial charge in [0.1, 0.15) is 5.75 Å². The summed E-state index contributed by atoms with van der Waals surface area (Å²) in [6, 6.07) is 17.2. The van der Waals surface area contributed by atoms with E-state index in [4.69, 9.17) is 4.74 Å². The van der Waals surface area contributed by atoms with Gasteiger partial charge in [-0.2, -0.15) is 0 Å². The molecule has 1 amide bonds. The van der Waals surface area contributed by atoms with E-state index in [1.54, 1.807) is 17.0 Å². The molecule has 3 nitrogen and oxygen atoms in total. The first-order valence-corrected chi connectivity index (χ1v) is 6.86. The van der Waals surface area contributed by atoms with Crippen molar-refractivity contribution in [3.8, 4) is 5.75 Å². The molecule has 102 valence electrons. The molecule has 0 N–H and O–H groups in total. The van der Waals surface area contributed by atoms with Crippen LogP contribution in [-0.4, -0.2) is 12.6 Å². The van der Waals surface area contributed by atoms with E-state index in [9.17, 15) is 4.79 Å². The minimum atomic E-state index is -0.310. The fourth-order valence-electron chi connectivity index (χ4n) is 2.61. The van der Waals surface area contributed by atoms with E-state index in [1.807, 2.05) is 36.4 Å². The molecule has 1 unspecified atom stereocenters. The van der Waals surface area contributed by atoms with Crippen molar-refractivity contribution in [3.63, 3.8) is 0 Å². The maximum absolute atomic E-state index is 12.4. The summed E-state index contributed by atoms with van der Waals surface area (Å²) in [6.07, 6.45) is 0.695. The zero-order chi connectivity index (χ0) is 13.9. The van der Waals surface area contributed by atoms with Gasteiger partial charge >= 0.3 is 6.09 Å². The van der Waals surface area contributed by atoms with Crippen LogP contribution in [-0.2, 0) is 6.42 Å². The van der Waals surface area contributed by atoms with Crippen molar-refractivity contribution >= 4 is 11.8 Å². The molecule has 0 radical (unpaired) electrons. The maximum atomic E-state index is 12.4. The van der Waals surface area contributed by atoms with E-state index in [-0.39, 0.29) is 6.09 Å². The molecule has 1 aliphatic rings. The number of nitrogens with zero attached hydrogens (tertiary/aromatic N) is 1. The summed E-state index contributed by atoms with van der Waals surface area (Å²) >= 11 is 0. The Labute approximate surface area is 118 Å². The topological polar surface area (TPSA) is 29.5 Å². The van der Waals surface area contributed by atoms with Crippen molar-refractivity contribution in [1.29, 1.82) is 0 Å². The lowest BCUT2D eigenvalue weighted by Gasteiger charge is -2.32. The van der Waals surface area contributed by atoms with Gasteiger partial charge in [0.2, 0.25) is 0 Å². The van der Waals surface area contributed by atoms with Crippen molar-refractivity contribution in [1.82, 2.24) is 0 Å². The van der Waals surface area contributed by atoms with E-state index >= 15 is 0 Å². The average Bonchev–Trinajstić information content (AvgIpc) is 2.47. The highest BCUT2D eigenvalue weighted by Crippen LogP contribution is 2.30. The van der Waals surface area contributed by atoms with Crippen LogP contribution < -0.4 is 9.64 Å². The number of amides is 1. The quantitative estimate of drug-likeness (QED) is 0.784. The minimum Gasteiger partial charge on any atom is -0.410 e. The van der Waals surface area contributed by atoms with Gasteiger partial charge in [0.25, 0.3) is 0 Å². The van der Waals surface area contributed by atoms with Crippen molar-refractivity contribution in [3.05, 3.63) is 60.2 Å². The zero-order valence-corrected chi connectivity index (χ0v) is 11.5. The summed E-state index contributed by atoms with van der Waals surface area (Å²) in [5.74, 6) is 1.02. The van der Waals surface area contributed by atoms with E-state index < -0.39 is 0 Å². The zero-order valence-electron chi connectivity index (χ0n) is 11.5. The fourth-order valence-corrected chi connectivity index (χ4v) is 2.61. The highest BCUT2D eigenvalue weighted by atomic mass is 16.6. The van der Waals surface area contributed by atoms with Crippen LogP contribution >= 0.6 is 0 Å². The van der Waals surface area contributed by atoms with Crippen LogP contribution in [0, 0.1) is 5.92 Å². The Morgan fingerprint density at radius 2 is 1.80 bits per heavy atom. The van der Waals surface area contributed by atoms with E-state index in [1.165, 1.54) is 5.56 Å². The second-order valence-electron chi connectivity index (χ2n) is 5.23.